The molecule has 1 aromatic rings. The Labute approximate surface area is 100 Å². The lowest BCUT2D eigenvalue weighted by Crippen LogP contribution is -2.24. The number of aliphatic hydroxyl groups excluding tert-OH is 1. The van der Waals surface area contributed by atoms with Crippen LogP contribution in [0.4, 0.5) is 11.9 Å². The number of aromatic nitrogens is 3. The van der Waals surface area contributed by atoms with Crippen molar-refractivity contribution in [3.05, 3.63) is 5.82 Å². The molecule has 0 radical (unpaired) electrons. The van der Waals surface area contributed by atoms with Gasteiger partial charge in [-0.05, 0) is 6.42 Å². The normalized spacial score (nSPS) is 20.8. The van der Waals surface area contributed by atoms with Crippen molar-refractivity contribution in [2.45, 2.75) is 19.1 Å². The lowest BCUT2D eigenvalue weighted by Gasteiger charge is -2.15. The van der Waals surface area contributed by atoms with Gasteiger partial charge in [0.1, 0.15) is 5.82 Å². The van der Waals surface area contributed by atoms with Crippen LogP contribution in [0.1, 0.15) is 12.2 Å². The second-order valence-electron chi connectivity index (χ2n) is 4.48. The van der Waals surface area contributed by atoms with Crippen molar-refractivity contribution >= 4 is 11.9 Å². The third-order valence-electron chi connectivity index (χ3n) is 2.70. The minimum Gasteiger partial charge on any atom is -0.392 e. The van der Waals surface area contributed by atoms with Crippen molar-refractivity contribution in [3.8, 4) is 0 Å². The fraction of sp³-hybridized carbons (Fsp3) is 0.700. The summed E-state index contributed by atoms with van der Waals surface area (Å²) in [5, 5.41) is 9.45. The Morgan fingerprint density at radius 1 is 1.41 bits per heavy atom. The van der Waals surface area contributed by atoms with E-state index in [0.29, 0.717) is 24.9 Å². The molecule has 94 valence electrons. The first-order chi connectivity index (χ1) is 8.04. The maximum atomic E-state index is 9.45. The van der Waals surface area contributed by atoms with Gasteiger partial charge in [0.05, 0.1) is 12.6 Å². The minimum atomic E-state index is -0.234. The first-order valence-corrected chi connectivity index (χ1v) is 5.63. The number of aliphatic hydroxyl groups is 1. The number of rotatable bonds is 3. The SMILES string of the molecule is CN(C)c1nc(N)nc(CN2CC[C@@H](O)C2)n1. The van der Waals surface area contributed by atoms with Gasteiger partial charge in [0.2, 0.25) is 11.9 Å². The highest BCUT2D eigenvalue weighted by Crippen LogP contribution is 2.13. The van der Waals surface area contributed by atoms with Crippen LogP contribution in [0.15, 0.2) is 0 Å². The van der Waals surface area contributed by atoms with Crippen LogP contribution in [-0.2, 0) is 6.54 Å². The summed E-state index contributed by atoms with van der Waals surface area (Å²) >= 11 is 0. The Morgan fingerprint density at radius 2 is 2.18 bits per heavy atom. The fourth-order valence-electron chi connectivity index (χ4n) is 1.85. The first-order valence-electron chi connectivity index (χ1n) is 5.63. The fourth-order valence-corrected chi connectivity index (χ4v) is 1.85. The summed E-state index contributed by atoms with van der Waals surface area (Å²) in [7, 11) is 3.72. The average molecular weight is 238 g/mol. The molecule has 2 rings (SSSR count). The summed E-state index contributed by atoms with van der Waals surface area (Å²) in [6.07, 6.45) is 0.573. The van der Waals surface area contributed by atoms with E-state index in [-0.39, 0.29) is 12.1 Å². The number of nitrogens with zero attached hydrogens (tertiary/aromatic N) is 5. The maximum Gasteiger partial charge on any atom is 0.229 e. The molecule has 0 aliphatic carbocycles. The highest BCUT2D eigenvalue weighted by atomic mass is 16.3. The van der Waals surface area contributed by atoms with Gasteiger partial charge in [0, 0.05) is 27.2 Å². The van der Waals surface area contributed by atoms with Crippen molar-refractivity contribution in [1.82, 2.24) is 19.9 Å². The molecule has 7 heteroatoms. The molecule has 17 heavy (non-hydrogen) atoms. The number of hydrogen-bond donors (Lipinski definition) is 2. The zero-order chi connectivity index (χ0) is 12.4. The molecule has 1 saturated heterocycles. The molecule has 7 nitrogen and oxygen atoms in total. The van der Waals surface area contributed by atoms with Gasteiger partial charge in [-0.2, -0.15) is 15.0 Å². The predicted molar refractivity (Wildman–Crippen MR) is 64.5 cm³/mol. The van der Waals surface area contributed by atoms with Crippen molar-refractivity contribution in [3.63, 3.8) is 0 Å². The van der Waals surface area contributed by atoms with Gasteiger partial charge in [0.25, 0.3) is 0 Å². The van der Waals surface area contributed by atoms with Crippen LogP contribution in [-0.4, -0.2) is 58.2 Å². The molecule has 0 spiro atoms. The van der Waals surface area contributed by atoms with Crippen LogP contribution >= 0.6 is 0 Å². The second-order valence-corrected chi connectivity index (χ2v) is 4.48. The van der Waals surface area contributed by atoms with Gasteiger partial charge in [-0.1, -0.05) is 0 Å². The van der Waals surface area contributed by atoms with Gasteiger partial charge in [-0.3, -0.25) is 4.90 Å². The standard InChI is InChI=1S/C10H18N6O/c1-15(2)10-13-8(12-9(11)14-10)6-16-4-3-7(17)5-16/h7,17H,3-6H2,1-2H3,(H2,11,12,13,14)/t7-/m1/s1. The van der Waals surface area contributed by atoms with Gasteiger partial charge in [-0.15, -0.1) is 0 Å². The Morgan fingerprint density at radius 3 is 2.76 bits per heavy atom. The molecule has 0 bridgehead atoms. The van der Waals surface area contributed by atoms with Crippen molar-refractivity contribution < 1.29 is 5.11 Å². The molecule has 1 fully saturated rings. The second kappa shape index (κ2) is 4.80. The van der Waals surface area contributed by atoms with Crippen molar-refractivity contribution in [1.29, 1.82) is 0 Å². The smallest absolute Gasteiger partial charge is 0.229 e. The van der Waals surface area contributed by atoms with Gasteiger partial charge < -0.3 is 15.7 Å². The van der Waals surface area contributed by atoms with Gasteiger partial charge in [-0.25, -0.2) is 0 Å². The summed E-state index contributed by atoms with van der Waals surface area (Å²) in [4.78, 5) is 16.4. The number of anilines is 2. The Kier molecular flexibility index (Phi) is 3.39. The summed E-state index contributed by atoms with van der Waals surface area (Å²) in [6, 6.07) is 0. The maximum absolute atomic E-state index is 9.45. The molecular formula is C10H18N6O. The van der Waals surface area contributed by atoms with Crippen LogP contribution in [0.25, 0.3) is 0 Å². The van der Waals surface area contributed by atoms with E-state index < -0.39 is 0 Å². The van der Waals surface area contributed by atoms with E-state index >= 15 is 0 Å². The molecule has 2 heterocycles. The molecule has 0 saturated carbocycles. The van der Waals surface area contributed by atoms with Crippen LogP contribution in [0.2, 0.25) is 0 Å². The highest BCUT2D eigenvalue weighted by molar-refractivity contribution is 5.32. The molecule has 1 aliphatic rings. The Balaban J connectivity index is 2.10. The van der Waals surface area contributed by atoms with Crippen molar-refractivity contribution in [2.75, 3.05) is 37.8 Å². The number of β-amino-alcohol motifs (C(OH)–C–C–N with tert-alkyl or cyclic N) is 1. The summed E-state index contributed by atoms with van der Waals surface area (Å²) < 4.78 is 0. The predicted octanol–water partition coefficient (Wildman–Crippen LogP) is -0.914. The molecular weight excluding hydrogens is 220 g/mol. The molecule has 1 atom stereocenters. The quantitative estimate of drug-likeness (QED) is 0.704. The molecule has 0 unspecified atom stereocenters. The third kappa shape index (κ3) is 3.01. The van der Waals surface area contributed by atoms with Crippen LogP contribution < -0.4 is 10.6 Å². The third-order valence-corrected chi connectivity index (χ3v) is 2.70. The molecule has 1 aromatic heterocycles. The van der Waals surface area contributed by atoms with E-state index in [1.165, 1.54) is 0 Å². The summed E-state index contributed by atoms with van der Waals surface area (Å²) in [5.41, 5.74) is 5.64. The van der Waals surface area contributed by atoms with E-state index in [2.05, 4.69) is 19.9 Å². The molecule has 3 N–H and O–H groups in total. The van der Waals surface area contributed by atoms with E-state index in [1.807, 2.05) is 14.1 Å². The highest BCUT2D eigenvalue weighted by Gasteiger charge is 2.21. The van der Waals surface area contributed by atoms with Crippen LogP contribution in [0.5, 0.6) is 0 Å². The van der Waals surface area contributed by atoms with Crippen LogP contribution in [0.3, 0.4) is 0 Å². The van der Waals surface area contributed by atoms with Gasteiger partial charge in [0.15, 0.2) is 0 Å². The first kappa shape index (κ1) is 12.0. The summed E-state index contributed by atoms with van der Waals surface area (Å²) in [5.74, 6) is 1.45. The molecule has 1 aliphatic heterocycles. The zero-order valence-corrected chi connectivity index (χ0v) is 10.2. The minimum absolute atomic E-state index is 0.234. The lowest BCUT2D eigenvalue weighted by molar-refractivity contribution is 0.174. The van der Waals surface area contributed by atoms with E-state index in [1.54, 1.807) is 4.90 Å². The van der Waals surface area contributed by atoms with Crippen molar-refractivity contribution in [2.24, 2.45) is 0 Å². The average Bonchev–Trinajstić information content (AvgIpc) is 2.63. The Bertz CT molecular complexity index is 396. The van der Waals surface area contributed by atoms with E-state index in [9.17, 15) is 5.11 Å². The number of nitrogen functional groups attached to an aromatic ring is 1. The van der Waals surface area contributed by atoms with Crippen LogP contribution in [0, 0.1) is 0 Å². The van der Waals surface area contributed by atoms with E-state index in [4.69, 9.17) is 5.73 Å². The number of hydrogen-bond acceptors (Lipinski definition) is 7. The lowest BCUT2D eigenvalue weighted by atomic mass is 10.3. The number of nitrogens with two attached hydrogens (primary N) is 1. The molecule has 0 amide bonds. The zero-order valence-electron chi connectivity index (χ0n) is 10.2. The van der Waals surface area contributed by atoms with E-state index in [0.717, 1.165) is 13.0 Å². The molecule has 0 aromatic carbocycles. The summed E-state index contributed by atoms with van der Waals surface area (Å²) in [6.45, 7) is 2.14. The van der Waals surface area contributed by atoms with Gasteiger partial charge >= 0.3 is 0 Å². The number of likely N-dealkylation sites (tertiary alicyclic amines) is 1. The Hall–Kier alpha value is -1.47. The largest absolute Gasteiger partial charge is 0.392 e. The monoisotopic (exact) mass is 238 g/mol. The topological polar surface area (TPSA) is 91.4 Å².